The molecule has 0 saturated carbocycles. The van der Waals surface area contributed by atoms with Crippen molar-refractivity contribution >= 4 is 0 Å². The maximum Gasteiger partial charge on any atom is 0.119 e. The molecule has 2 N–H and O–H groups in total. The summed E-state index contributed by atoms with van der Waals surface area (Å²) in [6.45, 7) is 2.15. The van der Waals surface area contributed by atoms with Gasteiger partial charge in [0.25, 0.3) is 0 Å². The minimum atomic E-state index is 0.162. The van der Waals surface area contributed by atoms with Crippen LogP contribution in [-0.2, 0) is 0 Å². The van der Waals surface area contributed by atoms with Crippen LogP contribution in [0.25, 0.3) is 0 Å². The van der Waals surface area contributed by atoms with Gasteiger partial charge in [0.05, 0.1) is 0 Å². The van der Waals surface area contributed by atoms with Gasteiger partial charge in [-0.1, -0.05) is 25.1 Å². The van der Waals surface area contributed by atoms with Crippen LogP contribution in [-0.4, -0.2) is 16.8 Å². The first-order valence-electron chi connectivity index (χ1n) is 4.14. The van der Waals surface area contributed by atoms with Crippen LogP contribution in [0.1, 0.15) is 24.8 Å². The fourth-order valence-corrected chi connectivity index (χ4v) is 1.25. The first-order chi connectivity index (χ1) is 5.75. The number of phenolic OH excluding ortho intramolecular Hbond substituents is 1. The van der Waals surface area contributed by atoms with Gasteiger partial charge in [-0.2, -0.15) is 0 Å². The molecule has 0 spiro atoms. The van der Waals surface area contributed by atoms with E-state index in [1.165, 1.54) is 0 Å². The van der Waals surface area contributed by atoms with Crippen LogP contribution >= 0.6 is 0 Å². The van der Waals surface area contributed by atoms with Gasteiger partial charge in [0.1, 0.15) is 5.75 Å². The van der Waals surface area contributed by atoms with E-state index in [0.717, 1.165) is 5.56 Å². The molecule has 0 fully saturated rings. The third-order valence-electron chi connectivity index (χ3n) is 2.03. The van der Waals surface area contributed by atoms with Gasteiger partial charge in [-0.25, -0.2) is 0 Å². The molecule has 0 radical (unpaired) electrons. The molecule has 0 amide bonds. The quantitative estimate of drug-likeness (QED) is 0.719. The molecule has 1 atom stereocenters. The van der Waals surface area contributed by atoms with Gasteiger partial charge in [0.15, 0.2) is 0 Å². The molecule has 0 saturated heterocycles. The predicted molar refractivity (Wildman–Crippen MR) is 48.2 cm³/mol. The van der Waals surface area contributed by atoms with Crippen molar-refractivity contribution in [2.24, 2.45) is 0 Å². The maximum atomic E-state index is 9.43. The Labute approximate surface area is 72.5 Å². The van der Waals surface area contributed by atoms with Crippen LogP contribution < -0.4 is 0 Å². The van der Waals surface area contributed by atoms with Crippen molar-refractivity contribution in [3.05, 3.63) is 29.8 Å². The minimum Gasteiger partial charge on any atom is -0.508 e. The molecular formula is C10H14O2. The SMILES string of the molecule is C[C@H](CCO)c1ccccc1O. The Morgan fingerprint density at radius 1 is 1.33 bits per heavy atom. The van der Waals surface area contributed by atoms with Crippen molar-refractivity contribution in [3.8, 4) is 5.75 Å². The van der Waals surface area contributed by atoms with Gasteiger partial charge in [-0.05, 0) is 24.0 Å². The Balaban J connectivity index is 2.79. The molecule has 0 aromatic heterocycles. The van der Waals surface area contributed by atoms with E-state index >= 15 is 0 Å². The highest BCUT2D eigenvalue weighted by Gasteiger charge is 2.07. The summed E-state index contributed by atoms with van der Waals surface area (Å²) in [5.41, 5.74) is 0.909. The van der Waals surface area contributed by atoms with Crippen LogP contribution in [0.3, 0.4) is 0 Å². The van der Waals surface area contributed by atoms with E-state index in [2.05, 4.69) is 0 Å². The van der Waals surface area contributed by atoms with E-state index < -0.39 is 0 Å². The zero-order valence-corrected chi connectivity index (χ0v) is 7.20. The summed E-state index contributed by atoms with van der Waals surface area (Å²) in [4.78, 5) is 0. The summed E-state index contributed by atoms with van der Waals surface area (Å²) in [7, 11) is 0. The van der Waals surface area contributed by atoms with Gasteiger partial charge in [0, 0.05) is 6.61 Å². The van der Waals surface area contributed by atoms with Crippen LogP contribution in [0.15, 0.2) is 24.3 Å². The smallest absolute Gasteiger partial charge is 0.119 e. The largest absolute Gasteiger partial charge is 0.508 e. The van der Waals surface area contributed by atoms with Crippen molar-refractivity contribution in [3.63, 3.8) is 0 Å². The standard InChI is InChI=1S/C10H14O2/c1-8(6-7-11)9-4-2-3-5-10(9)12/h2-5,8,11-12H,6-7H2,1H3/t8-/m1/s1. The van der Waals surface area contributed by atoms with E-state index in [-0.39, 0.29) is 12.5 Å². The molecule has 1 aromatic rings. The predicted octanol–water partition coefficient (Wildman–Crippen LogP) is 1.88. The summed E-state index contributed by atoms with van der Waals surface area (Å²) >= 11 is 0. The highest BCUT2D eigenvalue weighted by atomic mass is 16.3. The summed E-state index contributed by atoms with van der Waals surface area (Å²) in [6, 6.07) is 7.24. The molecule has 2 heteroatoms. The van der Waals surface area contributed by atoms with Crippen LogP contribution in [0.5, 0.6) is 5.75 Å². The van der Waals surface area contributed by atoms with Gasteiger partial charge >= 0.3 is 0 Å². The number of rotatable bonds is 3. The number of para-hydroxylation sites is 1. The molecule has 0 unspecified atom stereocenters. The number of aliphatic hydroxyl groups excluding tert-OH is 1. The molecule has 2 nitrogen and oxygen atoms in total. The number of aromatic hydroxyl groups is 1. The fraction of sp³-hybridized carbons (Fsp3) is 0.400. The number of hydrogen-bond donors (Lipinski definition) is 2. The molecule has 1 rings (SSSR count). The summed E-state index contributed by atoms with van der Waals surface area (Å²) in [5, 5.41) is 18.1. The minimum absolute atomic E-state index is 0.162. The zero-order chi connectivity index (χ0) is 8.97. The van der Waals surface area contributed by atoms with Crippen molar-refractivity contribution in [1.29, 1.82) is 0 Å². The Hall–Kier alpha value is -1.02. The lowest BCUT2D eigenvalue weighted by Crippen LogP contribution is -1.96. The topological polar surface area (TPSA) is 40.5 Å². The number of benzene rings is 1. The Bertz CT molecular complexity index is 245. The molecule has 0 aliphatic heterocycles. The van der Waals surface area contributed by atoms with Crippen LogP contribution in [0.2, 0.25) is 0 Å². The average Bonchev–Trinajstić information content (AvgIpc) is 2.05. The van der Waals surface area contributed by atoms with E-state index in [1.54, 1.807) is 12.1 Å². The molecule has 12 heavy (non-hydrogen) atoms. The number of phenols is 1. The molecule has 0 heterocycles. The van der Waals surface area contributed by atoms with Gasteiger partial charge in [-0.3, -0.25) is 0 Å². The first-order valence-corrected chi connectivity index (χ1v) is 4.14. The van der Waals surface area contributed by atoms with Crippen molar-refractivity contribution < 1.29 is 10.2 Å². The van der Waals surface area contributed by atoms with Crippen LogP contribution in [0.4, 0.5) is 0 Å². The highest BCUT2D eigenvalue weighted by Crippen LogP contribution is 2.26. The van der Waals surface area contributed by atoms with Crippen molar-refractivity contribution in [2.45, 2.75) is 19.3 Å². The molecule has 66 valence electrons. The lowest BCUT2D eigenvalue weighted by molar-refractivity contribution is 0.277. The molecule has 0 bridgehead atoms. The molecule has 1 aromatic carbocycles. The second-order valence-electron chi connectivity index (χ2n) is 2.97. The third kappa shape index (κ3) is 1.98. The first kappa shape index (κ1) is 9.07. The average molecular weight is 166 g/mol. The fourth-order valence-electron chi connectivity index (χ4n) is 1.25. The lowest BCUT2D eigenvalue weighted by Gasteiger charge is -2.11. The van der Waals surface area contributed by atoms with Crippen LogP contribution in [0, 0.1) is 0 Å². The second kappa shape index (κ2) is 4.12. The van der Waals surface area contributed by atoms with Crippen molar-refractivity contribution in [2.75, 3.05) is 6.61 Å². The molecule has 0 aliphatic rings. The summed E-state index contributed by atoms with van der Waals surface area (Å²) < 4.78 is 0. The summed E-state index contributed by atoms with van der Waals surface area (Å²) in [5.74, 6) is 0.537. The van der Waals surface area contributed by atoms with Gasteiger partial charge in [-0.15, -0.1) is 0 Å². The zero-order valence-electron chi connectivity index (χ0n) is 7.20. The lowest BCUT2D eigenvalue weighted by atomic mass is 9.97. The monoisotopic (exact) mass is 166 g/mol. The normalized spacial score (nSPS) is 12.8. The van der Waals surface area contributed by atoms with E-state index in [0.29, 0.717) is 12.2 Å². The van der Waals surface area contributed by atoms with E-state index in [4.69, 9.17) is 5.11 Å². The number of hydrogen-bond acceptors (Lipinski definition) is 2. The number of aliphatic hydroxyl groups is 1. The van der Waals surface area contributed by atoms with E-state index in [9.17, 15) is 5.11 Å². The Morgan fingerprint density at radius 2 is 2.00 bits per heavy atom. The molecular weight excluding hydrogens is 152 g/mol. The summed E-state index contributed by atoms with van der Waals surface area (Å²) in [6.07, 6.45) is 0.692. The Morgan fingerprint density at radius 3 is 2.58 bits per heavy atom. The van der Waals surface area contributed by atoms with E-state index in [1.807, 2.05) is 19.1 Å². The van der Waals surface area contributed by atoms with Gasteiger partial charge < -0.3 is 10.2 Å². The molecule has 0 aliphatic carbocycles. The maximum absolute atomic E-state index is 9.43. The highest BCUT2D eigenvalue weighted by molar-refractivity contribution is 5.34. The van der Waals surface area contributed by atoms with Crippen molar-refractivity contribution in [1.82, 2.24) is 0 Å². The second-order valence-corrected chi connectivity index (χ2v) is 2.97. The van der Waals surface area contributed by atoms with Gasteiger partial charge in [0.2, 0.25) is 0 Å². The third-order valence-corrected chi connectivity index (χ3v) is 2.03. The Kier molecular flexibility index (Phi) is 3.11.